The van der Waals surface area contributed by atoms with Crippen LogP contribution in [-0.2, 0) is 0 Å². The first-order valence-corrected chi connectivity index (χ1v) is 6.25. The average molecular weight is 304 g/mol. The fraction of sp³-hybridized carbons (Fsp3) is 0.100. The molecule has 1 heterocycles. The number of nitrogens with two attached hydrogens (primary N) is 1. The molecule has 0 saturated heterocycles. The summed E-state index contributed by atoms with van der Waals surface area (Å²) in [6.45, 7) is 1.93. The SMILES string of the molecule is Cc1nc(-c2ccc(Br)cc2Cl)c(N)s1. The lowest BCUT2D eigenvalue weighted by Crippen LogP contribution is -1.86. The van der Waals surface area contributed by atoms with Crippen LogP contribution < -0.4 is 5.73 Å². The van der Waals surface area contributed by atoms with Gasteiger partial charge in [-0.05, 0) is 19.1 Å². The summed E-state index contributed by atoms with van der Waals surface area (Å²) in [5, 5.41) is 2.31. The number of nitrogens with zero attached hydrogens (tertiary/aromatic N) is 1. The van der Waals surface area contributed by atoms with E-state index in [1.165, 1.54) is 11.3 Å². The third kappa shape index (κ3) is 2.17. The van der Waals surface area contributed by atoms with Crippen LogP contribution in [-0.4, -0.2) is 4.98 Å². The van der Waals surface area contributed by atoms with E-state index in [-0.39, 0.29) is 0 Å². The molecule has 1 aromatic carbocycles. The summed E-state index contributed by atoms with van der Waals surface area (Å²) in [6, 6.07) is 5.68. The van der Waals surface area contributed by atoms with Gasteiger partial charge < -0.3 is 5.73 Å². The molecule has 2 nitrogen and oxygen atoms in total. The minimum atomic E-state index is 0.654. The lowest BCUT2D eigenvalue weighted by Gasteiger charge is -2.02. The molecule has 2 rings (SSSR count). The minimum absolute atomic E-state index is 0.654. The van der Waals surface area contributed by atoms with E-state index in [1.807, 2.05) is 25.1 Å². The maximum Gasteiger partial charge on any atom is 0.114 e. The van der Waals surface area contributed by atoms with Gasteiger partial charge in [0, 0.05) is 10.0 Å². The Morgan fingerprint density at radius 1 is 1.47 bits per heavy atom. The van der Waals surface area contributed by atoms with Crippen molar-refractivity contribution in [1.82, 2.24) is 4.98 Å². The van der Waals surface area contributed by atoms with Gasteiger partial charge in [0.15, 0.2) is 0 Å². The third-order valence-corrected chi connectivity index (χ3v) is 3.55. The van der Waals surface area contributed by atoms with Gasteiger partial charge in [-0.25, -0.2) is 4.98 Å². The topological polar surface area (TPSA) is 38.9 Å². The first kappa shape index (κ1) is 10.9. The van der Waals surface area contributed by atoms with Gasteiger partial charge in [0.1, 0.15) is 10.7 Å². The Morgan fingerprint density at radius 3 is 2.73 bits per heavy atom. The molecule has 0 saturated carbocycles. The van der Waals surface area contributed by atoms with Gasteiger partial charge in [0.25, 0.3) is 0 Å². The Hall–Kier alpha value is -0.580. The van der Waals surface area contributed by atoms with E-state index in [4.69, 9.17) is 17.3 Å². The smallest absolute Gasteiger partial charge is 0.114 e. The zero-order chi connectivity index (χ0) is 11.0. The highest BCUT2D eigenvalue weighted by Crippen LogP contribution is 2.35. The maximum absolute atomic E-state index is 6.12. The summed E-state index contributed by atoms with van der Waals surface area (Å²) >= 11 is 11.0. The molecular weight excluding hydrogens is 296 g/mol. The zero-order valence-electron chi connectivity index (χ0n) is 7.92. The molecule has 2 N–H and O–H groups in total. The van der Waals surface area contributed by atoms with Crippen LogP contribution in [0.3, 0.4) is 0 Å². The molecular formula is C10H8BrClN2S. The minimum Gasteiger partial charge on any atom is -0.389 e. The highest BCUT2D eigenvalue weighted by atomic mass is 79.9. The average Bonchev–Trinajstić information content (AvgIpc) is 2.45. The van der Waals surface area contributed by atoms with Gasteiger partial charge in [0.05, 0.1) is 10.0 Å². The molecule has 0 aliphatic rings. The summed E-state index contributed by atoms with van der Waals surface area (Å²) < 4.78 is 0.946. The van der Waals surface area contributed by atoms with E-state index in [0.29, 0.717) is 10.0 Å². The molecule has 0 amide bonds. The molecule has 0 fully saturated rings. The zero-order valence-corrected chi connectivity index (χ0v) is 11.1. The molecule has 0 aliphatic carbocycles. The van der Waals surface area contributed by atoms with Crippen molar-refractivity contribution in [3.63, 3.8) is 0 Å². The fourth-order valence-corrected chi connectivity index (χ4v) is 2.79. The molecule has 0 unspecified atom stereocenters. The second-order valence-electron chi connectivity index (χ2n) is 3.07. The lowest BCUT2D eigenvalue weighted by molar-refractivity contribution is 1.30. The van der Waals surface area contributed by atoms with Crippen molar-refractivity contribution in [2.45, 2.75) is 6.92 Å². The number of benzene rings is 1. The van der Waals surface area contributed by atoms with Crippen molar-refractivity contribution in [3.8, 4) is 11.3 Å². The number of anilines is 1. The first-order chi connectivity index (χ1) is 7.08. The van der Waals surface area contributed by atoms with E-state index < -0.39 is 0 Å². The van der Waals surface area contributed by atoms with Crippen molar-refractivity contribution < 1.29 is 0 Å². The number of hydrogen-bond acceptors (Lipinski definition) is 3. The molecule has 0 aliphatic heterocycles. The van der Waals surface area contributed by atoms with Gasteiger partial charge >= 0.3 is 0 Å². The molecule has 0 radical (unpaired) electrons. The Balaban J connectivity index is 2.59. The number of rotatable bonds is 1. The van der Waals surface area contributed by atoms with Crippen LogP contribution in [0.5, 0.6) is 0 Å². The van der Waals surface area contributed by atoms with Crippen LogP contribution in [0.1, 0.15) is 5.01 Å². The lowest BCUT2D eigenvalue weighted by atomic mass is 10.1. The van der Waals surface area contributed by atoms with Gasteiger partial charge in [-0.15, -0.1) is 11.3 Å². The highest BCUT2D eigenvalue weighted by Gasteiger charge is 2.11. The number of thiazole rings is 1. The largest absolute Gasteiger partial charge is 0.389 e. The Kier molecular flexibility index (Phi) is 3.00. The van der Waals surface area contributed by atoms with Crippen LogP contribution in [0.2, 0.25) is 5.02 Å². The Bertz CT molecular complexity index is 510. The quantitative estimate of drug-likeness (QED) is 0.861. The van der Waals surface area contributed by atoms with Crippen molar-refractivity contribution >= 4 is 43.9 Å². The van der Waals surface area contributed by atoms with Crippen LogP contribution in [0.25, 0.3) is 11.3 Å². The number of nitrogen functional groups attached to an aromatic ring is 1. The van der Waals surface area contributed by atoms with Crippen molar-refractivity contribution in [1.29, 1.82) is 0 Å². The summed E-state index contributed by atoms with van der Waals surface area (Å²) in [5.74, 6) is 0. The standard InChI is InChI=1S/C10H8BrClN2S/c1-5-14-9(10(13)15-5)7-3-2-6(11)4-8(7)12/h2-4H,13H2,1H3. The summed E-state index contributed by atoms with van der Waals surface area (Å²) in [6.07, 6.45) is 0. The molecule has 0 bridgehead atoms. The van der Waals surface area contributed by atoms with Gasteiger partial charge in [-0.1, -0.05) is 33.6 Å². The second kappa shape index (κ2) is 4.12. The van der Waals surface area contributed by atoms with E-state index >= 15 is 0 Å². The fourth-order valence-electron chi connectivity index (χ4n) is 1.32. The van der Waals surface area contributed by atoms with Gasteiger partial charge in [-0.2, -0.15) is 0 Å². The van der Waals surface area contributed by atoms with Crippen LogP contribution in [0.15, 0.2) is 22.7 Å². The number of aryl methyl sites for hydroxylation is 1. The summed E-state index contributed by atoms with van der Waals surface area (Å²) in [7, 11) is 0. The third-order valence-electron chi connectivity index (χ3n) is 1.95. The number of halogens is 2. The monoisotopic (exact) mass is 302 g/mol. The van der Waals surface area contributed by atoms with Crippen LogP contribution >= 0.6 is 38.9 Å². The molecule has 0 atom stereocenters. The Labute approximate surface area is 105 Å². The molecule has 2 aromatic rings. The summed E-state index contributed by atoms with van der Waals surface area (Å²) in [4.78, 5) is 4.36. The van der Waals surface area contributed by atoms with E-state index in [9.17, 15) is 0 Å². The van der Waals surface area contributed by atoms with E-state index in [0.717, 1.165) is 20.7 Å². The first-order valence-electron chi connectivity index (χ1n) is 4.26. The number of aromatic nitrogens is 1. The van der Waals surface area contributed by atoms with Gasteiger partial charge in [-0.3, -0.25) is 0 Å². The van der Waals surface area contributed by atoms with Gasteiger partial charge in [0.2, 0.25) is 0 Å². The molecule has 5 heteroatoms. The predicted octanol–water partition coefficient (Wildman–Crippen LogP) is 4.12. The molecule has 0 spiro atoms. The normalized spacial score (nSPS) is 10.6. The summed E-state index contributed by atoms with van der Waals surface area (Å²) in [5.41, 5.74) is 7.52. The van der Waals surface area contributed by atoms with Crippen molar-refractivity contribution in [2.24, 2.45) is 0 Å². The van der Waals surface area contributed by atoms with Crippen molar-refractivity contribution in [3.05, 3.63) is 32.7 Å². The van der Waals surface area contributed by atoms with E-state index in [1.54, 1.807) is 0 Å². The molecule has 1 aromatic heterocycles. The van der Waals surface area contributed by atoms with E-state index in [2.05, 4.69) is 20.9 Å². The molecule has 78 valence electrons. The van der Waals surface area contributed by atoms with Crippen LogP contribution in [0, 0.1) is 6.92 Å². The molecule has 15 heavy (non-hydrogen) atoms. The second-order valence-corrected chi connectivity index (χ2v) is 5.63. The van der Waals surface area contributed by atoms with Crippen LogP contribution in [0.4, 0.5) is 5.00 Å². The maximum atomic E-state index is 6.12. The van der Waals surface area contributed by atoms with Crippen molar-refractivity contribution in [2.75, 3.05) is 5.73 Å². The predicted molar refractivity (Wildman–Crippen MR) is 69.4 cm³/mol. The number of hydrogen-bond donors (Lipinski definition) is 1. The highest BCUT2D eigenvalue weighted by molar-refractivity contribution is 9.10. The Morgan fingerprint density at radius 2 is 2.20 bits per heavy atom.